The predicted molar refractivity (Wildman–Crippen MR) is 83.5 cm³/mol. The molecule has 20 heavy (non-hydrogen) atoms. The molecular weight excluding hydrogens is 415 g/mol. The van der Waals surface area contributed by atoms with E-state index in [4.69, 9.17) is 5.73 Å². The van der Waals surface area contributed by atoms with E-state index in [1.165, 1.54) is 24.3 Å². The van der Waals surface area contributed by atoms with Crippen molar-refractivity contribution in [1.82, 2.24) is 0 Å². The van der Waals surface area contributed by atoms with Gasteiger partial charge in [0.15, 0.2) is 0 Å². The molecule has 4 nitrogen and oxygen atoms in total. The molecule has 2 aromatic rings. The van der Waals surface area contributed by atoms with Crippen LogP contribution in [-0.2, 0) is 10.0 Å². The first-order chi connectivity index (χ1) is 9.29. The van der Waals surface area contributed by atoms with Gasteiger partial charge in [0, 0.05) is 8.95 Å². The second kappa shape index (κ2) is 5.71. The van der Waals surface area contributed by atoms with Crippen LogP contribution in [0.5, 0.6) is 0 Å². The van der Waals surface area contributed by atoms with Crippen molar-refractivity contribution in [2.75, 3.05) is 10.5 Å². The topological polar surface area (TPSA) is 72.2 Å². The Bertz CT molecular complexity index is 743. The van der Waals surface area contributed by atoms with Gasteiger partial charge in [-0.15, -0.1) is 0 Å². The zero-order chi connectivity index (χ0) is 14.9. The number of hydrogen-bond acceptors (Lipinski definition) is 3. The molecule has 0 aliphatic rings. The number of benzene rings is 2. The third-order valence-corrected chi connectivity index (χ3v) is 5.23. The van der Waals surface area contributed by atoms with Gasteiger partial charge in [0.25, 0.3) is 10.0 Å². The van der Waals surface area contributed by atoms with Gasteiger partial charge in [0.2, 0.25) is 0 Å². The molecular formula is C12H9Br2FN2O2S. The Morgan fingerprint density at radius 3 is 2.45 bits per heavy atom. The first kappa shape index (κ1) is 15.3. The molecule has 0 amide bonds. The minimum absolute atomic E-state index is 0.0788. The molecule has 0 aliphatic heterocycles. The lowest BCUT2D eigenvalue weighted by Gasteiger charge is -2.12. The van der Waals surface area contributed by atoms with Gasteiger partial charge >= 0.3 is 0 Å². The van der Waals surface area contributed by atoms with E-state index in [0.29, 0.717) is 8.95 Å². The summed E-state index contributed by atoms with van der Waals surface area (Å²) in [5.41, 5.74) is 5.94. The molecule has 0 heterocycles. The molecule has 0 bridgehead atoms. The van der Waals surface area contributed by atoms with E-state index in [9.17, 15) is 12.8 Å². The fourth-order valence-electron chi connectivity index (χ4n) is 1.62. The third-order valence-electron chi connectivity index (χ3n) is 2.38. The number of halogens is 3. The standard InChI is InChI=1S/C12H9Br2FN2O2S/c13-7-4-10(14)12(11(16)5-7)20(18,19)17-9-3-1-2-8(15)6-9/h1-6,17H,16H2. The van der Waals surface area contributed by atoms with Crippen LogP contribution in [0, 0.1) is 5.82 Å². The number of nitrogens with two attached hydrogens (primary N) is 1. The number of rotatable bonds is 3. The number of nitrogen functional groups attached to an aromatic ring is 1. The summed E-state index contributed by atoms with van der Waals surface area (Å²) < 4.78 is 40.9. The summed E-state index contributed by atoms with van der Waals surface area (Å²) in [4.78, 5) is -0.0926. The van der Waals surface area contributed by atoms with Crippen LogP contribution >= 0.6 is 31.9 Å². The van der Waals surface area contributed by atoms with E-state index in [-0.39, 0.29) is 16.3 Å². The van der Waals surface area contributed by atoms with Crippen molar-refractivity contribution in [3.63, 3.8) is 0 Å². The largest absolute Gasteiger partial charge is 0.398 e. The molecule has 2 rings (SSSR count). The summed E-state index contributed by atoms with van der Waals surface area (Å²) in [7, 11) is -3.92. The summed E-state index contributed by atoms with van der Waals surface area (Å²) >= 11 is 6.37. The number of anilines is 2. The first-order valence-electron chi connectivity index (χ1n) is 5.32. The van der Waals surface area contributed by atoms with Crippen LogP contribution in [0.1, 0.15) is 0 Å². The van der Waals surface area contributed by atoms with Crippen molar-refractivity contribution in [3.8, 4) is 0 Å². The van der Waals surface area contributed by atoms with Crippen molar-refractivity contribution >= 4 is 53.3 Å². The molecule has 106 valence electrons. The van der Waals surface area contributed by atoms with Crippen LogP contribution in [0.4, 0.5) is 15.8 Å². The lowest BCUT2D eigenvalue weighted by molar-refractivity contribution is 0.601. The molecule has 0 radical (unpaired) electrons. The van der Waals surface area contributed by atoms with Gasteiger partial charge in [-0.25, -0.2) is 12.8 Å². The van der Waals surface area contributed by atoms with Crippen LogP contribution in [0.3, 0.4) is 0 Å². The van der Waals surface area contributed by atoms with Crippen molar-refractivity contribution in [2.24, 2.45) is 0 Å². The summed E-state index contributed by atoms with van der Waals surface area (Å²) in [6.07, 6.45) is 0. The second-order valence-corrected chi connectivity index (χ2v) is 7.31. The summed E-state index contributed by atoms with van der Waals surface area (Å²) in [6.45, 7) is 0. The van der Waals surface area contributed by atoms with E-state index in [1.807, 2.05) is 0 Å². The zero-order valence-electron chi connectivity index (χ0n) is 9.90. The highest BCUT2D eigenvalue weighted by molar-refractivity contribution is 9.11. The van der Waals surface area contributed by atoms with Crippen molar-refractivity contribution in [2.45, 2.75) is 4.90 Å². The highest BCUT2D eigenvalue weighted by atomic mass is 79.9. The van der Waals surface area contributed by atoms with E-state index >= 15 is 0 Å². The fraction of sp³-hybridized carbons (Fsp3) is 0. The Hall–Kier alpha value is -1.12. The maximum atomic E-state index is 13.1. The van der Waals surface area contributed by atoms with Gasteiger partial charge in [-0.05, 0) is 46.3 Å². The minimum atomic E-state index is -3.92. The van der Waals surface area contributed by atoms with Crippen LogP contribution < -0.4 is 10.5 Å². The monoisotopic (exact) mass is 422 g/mol. The van der Waals surface area contributed by atoms with Crippen LogP contribution in [-0.4, -0.2) is 8.42 Å². The van der Waals surface area contributed by atoms with Gasteiger partial charge < -0.3 is 5.73 Å². The van der Waals surface area contributed by atoms with Crippen LogP contribution in [0.25, 0.3) is 0 Å². The normalized spacial score (nSPS) is 11.3. The lowest BCUT2D eigenvalue weighted by Crippen LogP contribution is -2.15. The average molecular weight is 424 g/mol. The maximum Gasteiger partial charge on any atom is 0.265 e. The maximum absolute atomic E-state index is 13.1. The zero-order valence-corrected chi connectivity index (χ0v) is 13.9. The molecule has 0 aromatic heterocycles. The van der Waals surface area contributed by atoms with E-state index < -0.39 is 15.8 Å². The van der Waals surface area contributed by atoms with Crippen molar-refractivity contribution < 1.29 is 12.8 Å². The highest BCUT2D eigenvalue weighted by Crippen LogP contribution is 2.32. The van der Waals surface area contributed by atoms with Crippen molar-refractivity contribution in [1.29, 1.82) is 0 Å². The van der Waals surface area contributed by atoms with Gasteiger partial charge in [-0.2, -0.15) is 0 Å². The molecule has 0 spiro atoms. The minimum Gasteiger partial charge on any atom is -0.398 e. The summed E-state index contributed by atoms with van der Waals surface area (Å²) in [6, 6.07) is 8.21. The van der Waals surface area contributed by atoms with Gasteiger partial charge in [-0.3, -0.25) is 4.72 Å². The molecule has 0 unspecified atom stereocenters. The Morgan fingerprint density at radius 1 is 1.15 bits per heavy atom. The van der Waals surface area contributed by atoms with Crippen molar-refractivity contribution in [3.05, 3.63) is 51.2 Å². The highest BCUT2D eigenvalue weighted by Gasteiger charge is 2.21. The number of nitrogens with one attached hydrogen (secondary N) is 1. The SMILES string of the molecule is Nc1cc(Br)cc(Br)c1S(=O)(=O)Nc1cccc(F)c1. The average Bonchev–Trinajstić information content (AvgIpc) is 2.25. The molecule has 0 aliphatic carbocycles. The van der Waals surface area contributed by atoms with Crippen LogP contribution in [0.2, 0.25) is 0 Å². The second-order valence-electron chi connectivity index (χ2n) is 3.92. The summed E-state index contributed by atoms with van der Waals surface area (Å²) in [5, 5.41) is 0. The van der Waals surface area contributed by atoms with Gasteiger partial charge in [-0.1, -0.05) is 22.0 Å². The smallest absolute Gasteiger partial charge is 0.265 e. The van der Waals surface area contributed by atoms with Gasteiger partial charge in [0.05, 0.1) is 11.4 Å². The quantitative estimate of drug-likeness (QED) is 0.738. The molecule has 0 fully saturated rings. The molecule has 0 saturated heterocycles. The van der Waals surface area contributed by atoms with Crippen LogP contribution in [0.15, 0.2) is 50.2 Å². The fourth-order valence-corrected chi connectivity index (χ4v) is 4.74. The number of hydrogen-bond donors (Lipinski definition) is 2. The number of sulfonamides is 1. The molecule has 8 heteroatoms. The Labute approximate surface area is 132 Å². The molecule has 0 atom stereocenters. The Morgan fingerprint density at radius 2 is 1.85 bits per heavy atom. The van der Waals surface area contributed by atoms with Gasteiger partial charge in [0.1, 0.15) is 10.7 Å². The first-order valence-corrected chi connectivity index (χ1v) is 8.39. The molecule has 3 N–H and O–H groups in total. The third kappa shape index (κ3) is 3.31. The molecule has 2 aromatic carbocycles. The Kier molecular flexibility index (Phi) is 4.36. The van der Waals surface area contributed by atoms with E-state index in [0.717, 1.165) is 6.07 Å². The van der Waals surface area contributed by atoms with E-state index in [2.05, 4.69) is 36.6 Å². The lowest BCUT2D eigenvalue weighted by atomic mass is 10.3. The van der Waals surface area contributed by atoms with E-state index in [1.54, 1.807) is 6.07 Å². The molecule has 0 saturated carbocycles. The predicted octanol–water partition coefficient (Wildman–Crippen LogP) is 3.73. The summed E-state index contributed by atoms with van der Waals surface area (Å²) in [5.74, 6) is -0.534. The Balaban J connectivity index is 2.46.